The fourth-order valence-corrected chi connectivity index (χ4v) is 4.02. The summed E-state index contributed by atoms with van der Waals surface area (Å²) in [5.41, 5.74) is -0.632. The van der Waals surface area contributed by atoms with Crippen LogP contribution >= 0.6 is 11.8 Å². The molecule has 1 aromatic heterocycles. The molecule has 162 valence electrons. The molecule has 0 aliphatic carbocycles. The normalized spacial score (nSPS) is 16.1. The van der Waals surface area contributed by atoms with Gasteiger partial charge in [-0.1, -0.05) is 24.3 Å². The van der Waals surface area contributed by atoms with Crippen LogP contribution in [0.25, 0.3) is 10.9 Å². The number of carbonyl (C=O) groups is 1. The fraction of sp³-hybridized carbons (Fsp3) is 0.318. The van der Waals surface area contributed by atoms with Gasteiger partial charge in [0.05, 0.1) is 17.4 Å². The Kier molecular flexibility index (Phi) is 6.31. The van der Waals surface area contributed by atoms with Crippen LogP contribution < -0.4 is 26.0 Å². The number of ether oxygens (including phenoxy) is 2. The molecule has 1 aliphatic rings. The lowest BCUT2D eigenvalue weighted by molar-refractivity contribution is -0.125. The Morgan fingerprint density at radius 3 is 2.74 bits per heavy atom. The second-order valence-electron chi connectivity index (χ2n) is 7.19. The van der Waals surface area contributed by atoms with Crippen LogP contribution in [0.3, 0.4) is 0 Å². The van der Waals surface area contributed by atoms with Crippen LogP contribution in [0.1, 0.15) is 12.5 Å². The minimum absolute atomic E-state index is 0.198. The standard InChI is InChI=1S/C22H23N3O5S/c1-31-11-10-17(25-21(27)15-6-2-3-7-16(15)24-22(25)28)20(26)23-12-14-13-29-18-8-4-5-9-19(18)30-14/h2-9,14,17H,10-13H2,1H3,(H,23,26)(H,24,28)/t14?,17-/m0/s1. The van der Waals surface area contributed by atoms with Gasteiger partial charge < -0.3 is 19.8 Å². The number of aromatic nitrogens is 2. The largest absolute Gasteiger partial charge is 0.486 e. The van der Waals surface area contributed by atoms with Crippen molar-refractivity contribution in [1.29, 1.82) is 0 Å². The number of carbonyl (C=O) groups excluding carboxylic acids is 1. The van der Waals surface area contributed by atoms with E-state index in [9.17, 15) is 14.4 Å². The highest BCUT2D eigenvalue weighted by atomic mass is 32.2. The maximum Gasteiger partial charge on any atom is 0.329 e. The van der Waals surface area contributed by atoms with Crippen LogP contribution in [0.15, 0.2) is 58.1 Å². The van der Waals surface area contributed by atoms with E-state index < -0.39 is 23.2 Å². The summed E-state index contributed by atoms with van der Waals surface area (Å²) >= 11 is 1.54. The topological polar surface area (TPSA) is 102 Å². The fourth-order valence-electron chi connectivity index (χ4n) is 3.56. The van der Waals surface area contributed by atoms with Crippen LogP contribution in [0.5, 0.6) is 11.5 Å². The van der Waals surface area contributed by atoms with Crippen LogP contribution in [-0.2, 0) is 4.79 Å². The Balaban J connectivity index is 1.55. The first kappa shape index (κ1) is 21.0. The third-order valence-corrected chi connectivity index (χ3v) is 5.76. The number of amides is 1. The molecule has 8 nitrogen and oxygen atoms in total. The Morgan fingerprint density at radius 1 is 1.19 bits per heavy atom. The average Bonchev–Trinajstić information content (AvgIpc) is 2.79. The van der Waals surface area contributed by atoms with Crippen molar-refractivity contribution < 1.29 is 14.3 Å². The second kappa shape index (κ2) is 9.30. The average molecular weight is 442 g/mol. The number of para-hydroxylation sites is 3. The van der Waals surface area contributed by atoms with Gasteiger partial charge in [-0.25, -0.2) is 9.36 Å². The van der Waals surface area contributed by atoms with Gasteiger partial charge in [-0.3, -0.25) is 9.59 Å². The summed E-state index contributed by atoms with van der Waals surface area (Å²) in [6, 6.07) is 13.2. The predicted octanol–water partition coefficient (Wildman–Crippen LogP) is 1.94. The molecule has 0 saturated heterocycles. The quantitative estimate of drug-likeness (QED) is 0.581. The van der Waals surface area contributed by atoms with Gasteiger partial charge in [-0.2, -0.15) is 11.8 Å². The number of H-pyrrole nitrogens is 1. The molecule has 0 fully saturated rings. The van der Waals surface area contributed by atoms with Gasteiger partial charge in [0.15, 0.2) is 11.5 Å². The number of thioether (sulfide) groups is 1. The molecule has 0 spiro atoms. The number of benzene rings is 2. The lowest BCUT2D eigenvalue weighted by Crippen LogP contribution is -2.47. The maximum atomic E-state index is 13.0. The van der Waals surface area contributed by atoms with E-state index in [0.29, 0.717) is 41.2 Å². The van der Waals surface area contributed by atoms with Crippen molar-refractivity contribution in [3.8, 4) is 11.5 Å². The second-order valence-corrected chi connectivity index (χ2v) is 8.18. The molecule has 2 aromatic carbocycles. The third kappa shape index (κ3) is 4.46. The van der Waals surface area contributed by atoms with Gasteiger partial charge in [-0.15, -0.1) is 0 Å². The summed E-state index contributed by atoms with van der Waals surface area (Å²) < 4.78 is 12.6. The zero-order chi connectivity index (χ0) is 21.8. The Labute approximate surface area is 182 Å². The number of hydrogen-bond acceptors (Lipinski definition) is 6. The summed E-state index contributed by atoms with van der Waals surface area (Å²) in [7, 11) is 0. The zero-order valence-corrected chi connectivity index (χ0v) is 17.8. The first-order valence-electron chi connectivity index (χ1n) is 9.97. The van der Waals surface area contributed by atoms with E-state index in [1.807, 2.05) is 24.5 Å². The number of nitrogens with zero attached hydrogens (tertiary/aromatic N) is 1. The van der Waals surface area contributed by atoms with Gasteiger partial charge in [-0.05, 0) is 42.7 Å². The molecule has 1 aliphatic heterocycles. The highest BCUT2D eigenvalue weighted by Gasteiger charge is 2.27. The Hall–Kier alpha value is -3.20. The molecule has 1 amide bonds. The first-order chi connectivity index (χ1) is 15.1. The lowest BCUT2D eigenvalue weighted by Gasteiger charge is -2.27. The molecule has 31 heavy (non-hydrogen) atoms. The number of rotatable bonds is 7. The van der Waals surface area contributed by atoms with Gasteiger partial charge in [0.1, 0.15) is 18.8 Å². The molecule has 3 aromatic rings. The number of nitrogens with one attached hydrogen (secondary N) is 2. The summed E-state index contributed by atoms with van der Waals surface area (Å²) in [4.78, 5) is 41.4. The van der Waals surface area contributed by atoms with E-state index in [2.05, 4.69) is 10.3 Å². The van der Waals surface area contributed by atoms with Gasteiger partial charge in [0, 0.05) is 0 Å². The molecule has 2 atom stereocenters. The predicted molar refractivity (Wildman–Crippen MR) is 120 cm³/mol. The highest BCUT2D eigenvalue weighted by Crippen LogP contribution is 2.30. The summed E-state index contributed by atoms with van der Waals surface area (Å²) in [6.45, 7) is 0.493. The van der Waals surface area contributed by atoms with Crippen LogP contribution in [-0.4, -0.2) is 46.7 Å². The zero-order valence-electron chi connectivity index (χ0n) is 17.0. The first-order valence-corrected chi connectivity index (χ1v) is 11.4. The van der Waals surface area contributed by atoms with Crippen LogP contribution in [0.4, 0.5) is 0 Å². The molecule has 2 N–H and O–H groups in total. The minimum Gasteiger partial charge on any atom is -0.486 e. The molecule has 4 rings (SSSR count). The molecule has 2 heterocycles. The summed E-state index contributed by atoms with van der Waals surface area (Å²) in [6.07, 6.45) is 1.89. The van der Waals surface area contributed by atoms with Crippen molar-refractivity contribution in [2.75, 3.05) is 25.2 Å². The molecule has 1 unspecified atom stereocenters. The molecule has 0 saturated carbocycles. The Morgan fingerprint density at radius 2 is 1.94 bits per heavy atom. The monoisotopic (exact) mass is 441 g/mol. The highest BCUT2D eigenvalue weighted by molar-refractivity contribution is 7.98. The van der Waals surface area contributed by atoms with Crippen molar-refractivity contribution in [1.82, 2.24) is 14.9 Å². The molecule has 9 heteroatoms. The number of fused-ring (bicyclic) bond motifs is 2. The molecule has 0 radical (unpaired) electrons. The van der Waals surface area contributed by atoms with E-state index >= 15 is 0 Å². The Bertz CT molecular complexity index is 1210. The van der Waals surface area contributed by atoms with Crippen molar-refractivity contribution in [3.05, 3.63) is 69.4 Å². The smallest absolute Gasteiger partial charge is 0.329 e. The van der Waals surface area contributed by atoms with Crippen molar-refractivity contribution in [2.24, 2.45) is 0 Å². The van der Waals surface area contributed by atoms with Crippen molar-refractivity contribution in [2.45, 2.75) is 18.6 Å². The van der Waals surface area contributed by atoms with Gasteiger partial charge >= 0.3 is 5.69 Å². The summed E-state index contributed by atoms with van der Waals surface area (Å²) in [5.74, 6) is 1.50. The van der Waals surface area contributed by atoms with E-state index in [1.54, 1.807) is 42.1 Å². The third-order valence-electron chi connectivity index (χ3n) is 5.12. The van der Waals surface area contributed by atoms with Crippen molar-refractivity contribution in [3.63, 3.8) is 0 Å². The van der Waals surface area contributed by atoms with E-state index in [1.165, 1.54) is 0 Å². The van der Waals surface area contributed by atoms with E-state index in [0.717, 1.165) is 4.57 Å². The minimum atomic E-state index is -0.926. The SMILES string of the molecule is CSCC[C@@H](C(=O)NCC1COc2ccccc2O1)n1c(=O)[nH]c2ccccc2c1=O. The summed E-state index contributed by atoms with van der Waals surface area (Å²) in [5, 5.41) is 3.19. The lowest BCUT2D eigenvalue weighted by atomic mass is 10.1. The van der Waals surface area contributed by atoms with Gasteiger partial charge in [0.25, 0.3) is 5.56 Å². The van der Waals surface area contributed by atoms with Crippen LogP contribution in [0.2, 0.25) is 0 Å². The number of aromatic amines is 1. The van der Waals surface area contributed by atoms with E-state index in [4.69, 9.17) is 9.47 Å². The van der Waals surface area contributed by atoms with E-state index in [-0.39, 0.29) is 12.6 Å². The van der Waals surface area contributed by atoms with Crippen LogP contribution in [0, 0.1) is 0 Å². The molecular weight excluding hydrogens is 418 g/mol. The van der Waals surface area contributed by atoms with Gasteiger partial charge in [0.2, 0.25) is 5.91 Å². The molecular formula is C22H23N3O5S. The van der Waals surface area contributed by atoms with Crippen molar-refractivity contribution >= 4 is 28.6 Å². The number of hydrogen-bond donors (Lipinski definition) is 2. The maximum absolute atomic E-state index is 13.0. The molecule has 0 bridgehead atoms.